The summed E-state index contributed by atoms with van der Waals surface area (Å²) in [5.74, 6) is -0.228. The maximum absolute atomic E-state index is 13.6. The Bertz CT molecular complexity index is 1110. The van der Waals surface area contributed by atoms with Gasteiger partial charge in [-0.2, -0.15) is 0 Å². The number of carbonyl (C=O) groups excluding carboxylic acids is 2. The normalized spacial score (nSPS) is 22.7. The molecule has 0 saturated heterocycles. The van der Waals surface area contributed by atoms with E-state index in [2.05, 4.69) is 5.32 Å². The molecule has 1 heterocycles. The van der Waals surface area contributed by atoms with Gasteiger partial charge in [-0.05, 0) is 61.6 Å². The summed E-state index contributed by atoms with van der Waals surface area (Å²) in [7, 11) is 1.60. The van der Waals surface area contributed by atoms with Crippen molar-refractivity contribution in [1.29, 1.82) is 0 Å². The number of para-hydroxylation sites is 1. The van der Waals surface area contributed by atoms with Crippen LogP contribution < -0.4 is 15.0 Å². The number of urea groups is 1. The molecule has 35 heavy (non-hydrogen) atoms. The average Bonchev–Trinajstić information content (AvgIpc) is 3.58. The molecule has 2 aromatic rings. The number of nitrogens with one attached hydrogen (secondary N) is 1. The highest BCUT2D eigenvalue weighted by Gasteiger charge is 2.51. The van der Waals surface area contributed by atoms with Crippen LogP contribution in [0, 0.1) is 5.92 Å². The van der Waals surface area contributed by atoms with E-state index >= 15 is 0 Å². The molecule has 0 aromatic heterocycles. The molecule has 2 saturated carbocycles. The summed E-state index contributed by atoms with van der Waals surface area (Å²) in [4.78, 5) is 41.9. The molecule has 1 aliphatic heterocycles. The molecule has 2 fully saturated rings. The Kier molecular flexibility index (Phi) is 6.36. The van der Waals surface area contributed by atoms with Crippen LogP contribution in [0.15, 0.2) is 48.5 Å². The third-order valence-corrected chi connectivity index (χ3v) is 7.42. The molecule has 0 radical (unpaired) electrons. The molecule has 3 amide bonds. The minimum absolute atomic E-state index is 0.00353. The second-order valence-corrected chi connectivity index (χ2v) is 9.62. The van der Waals surface area contributed by atoms with E-state index in [1.807, 2.05) is 58.3 Å². The molecule has 0 bridgehead atoms. The van der Waals surface area contributed by atoms with Crippen molar-refractivity contribution < 1.29 is 24.2 Å². The van der Waals surface area contributed by atoms with Crippen molar-refractivity contribution in [1.82, 2.24) is 4.90 Å². The van der Waals surface area contributed by atoms with Crippen LogP contribution in [-0.4, -0.2) is 47.1 Å². The largest absolute Gasteiger partial charge is 0.497 e. The van der Waals surface area contributed by atoms with Crippen molar-refractivity contribution in [2.75, 3.05) is 17.3 Å². The van der Waals surface area contributed by atoms with Gasteiger partial charge in [-0.25, -0.2) is 4.79 Å². The van der Waals surface area contributed by atoms with Crippen LogP contribution in [0.5, 0.6) is 5.75 Å². The molecule has 184 valence electrons. The number of hydrogen-bond acceptors (Lipinski definition) is 4. The smallest absolute Gasteiger partial charge is 0.326 e. The first-order valence-corrected chi connectivity index (χ1v) is 12.3. The van der Waals surface area contributed by atoms with Crippen molar-refractivity contribution in [2.24, 2.45) is 5.92 Å². The SMILES string of the molecule is COc1ccc(NC(=O)N2c3ccccc3[C@H](N(C(=O)CCC(=O)O)C3CC3)[C@H]3CCC[C@H]32)cc1. The number of rotatable bonds is 7. The van der Waals surface area contributed by atoms with E-state index in [1.165, 1.54) is 0 Å². The van der Waals surface area contributed by atoms with Crippen LogP contribution in [0.25, 0.3) is 0 Å². The lowest BCUT2D eigenvalue weighted by molar-refractivity contribution is -0.142. The molecular formula is C27H31N3O5. The highest BCUT2D eigenvalue weighted by molar-refractivity contribution is 6.03. The Balaban J connectivity index is 1.48. The summed E-state index contributed by atoms with van der Waals surface area (Å²) in [5.41, 5.74) is 2.48. The number of ether oxygens (including phenoxy) is 1. The Morgan fingerprint density at radius 3 is 2.46 bits per heavy atom. The lowest BCUT2D eigenvalue weighted by Crippen LogP contribution is -2.53. The number of carboxylic acid groups (broad SMARTS) is 1. The molecule has 2 aromatic carbocycles. The van der Waals surface area contributed by atoms with Crippen LogP contribution in [0.4, 0.5) is 16.2 Å². The molecular weight excluding hydrogens is 446 g/mol. The summed E-state index contributed by atoms with van der Waals surface area (Å²) in [6, 6.07) is 14.9. The summed E-state index contributed by atoms with van der Waals surface area (Å²) >= 11 is 0. The third kappa shape index (κ3) is 4.57. The van der Waals surface area contributed by atoms with Gasteiger partial charge >= 0.3 is 12.0 Å². The summed E-state index contributed by atoms with van der Waals surface area (Å²) in [6.07, 6.45) is 4.49. The van der Waals surface area contributed by atoms with Gasteiger partial charge in [0.2, 0.25) is 5.91 Å². The quantitative estimate of drug-likeness (QED) is 0.596. The van der Waals surface area contributed by atoms with Crippen LogP contribution >= 0.6 is 0 Å². The first-order chi connectivity index (χ1) is 17.0. The Hall–Kier alpha value is -3.55. The van der Waals surface area contributed by atoms with E-state index in [0.717, 1.165) is 49.1 Å². The van der Waals surface area contributed by atoms with E-state index < -0.39 is 5.97 Å². The standard InChI is InChI=1S/C27H31N3O5/c1-35-19-13-9-17(10-14-19)28-27(34)30-22-7-3-2-5-20(22)26(21-6-4-8-23(21)30)29(18-11-12-18)24(31)15-16-25(32)33/h2-3,5,7,9-10,13-14,18,21,23,26H,4,6,8,11-12,15-16H2,1H3,(H,28,34)(H,32,33)/t21-,23+,26-/m0/s1. The predicted octanol–water partition coefficient (Wildman–Crippen LogP) is 4.81. The number of carbonyl (C=O) groups is 3. The van der Waals surface area contributed by atoms with Gasteiger partial charge in [0.25, 0.3) is 0 Å². The van der Waals surface area contributed by atoms with Crippen LogP contribution in [-0.2, 0) is 9.59 Å². The molecule has 3 atom stereocenters. The fourth-order valence-electron chi connectivity index (χ4n) is 5.78. The Morgan fingerprint density at radius 2 is 1.77 bits per heavy atom. The van der Waals surface area contributed by atoms with E-state index in [1.54, 1.807) is 7.11 Å². The van der Waals surface area contributed by atoms with E-state index in [9.17, 15) is 14.4 Å². The van der Waals surface area contributed by atoms with E-state index in [4.69, 9.17) is 9.84 Å². The van der Waals surface area contributed by atoms with Crippen LogP contribution in [0.3, 0.4) is 0 Å². The van der Waals surface area contributed by atoms with Crippen LogP contribution in [0.2, 0.25) is 0 Å². The topological polar surface area (TPSA) is 99.2 Å². The predicted molar refractivity (Wildman–Crippen MR) is 132 cm³/mol. The van der Waals surface area contributed by atoms with Crippen LogP contribution in [0.1, 0.15) is 56.6 Å². The van der Waals surface area contributed by atoms with Gasteiger partial charge < -0.3 is 20.1 Å². The minimum Gasteiger partial charge on any atom is -0.497 e. The van der Waals surface area contributed by atoms with E-state index in [-0.39, 0.29) is 48.8 Å². The number of amides is 3. The number of methoxy groups -OCH3 is 1. The van der Waals surface area contributed by atoms with Gasteiger partial charge in [-0.3, -0.25) is 14.5 Å². The summed E-state index contributed by atoms with van der Waals surface area (Å²) in [6.45, 7) is 0. The maximum atomic E-state index is 13.6. The number of benzene rings is 2. The Labute approximate surface area is 204 Å². The zero-order valence-electron chi connectivity index (χ0n) is 19.9. The van der Waals surface area contributed by atoms with Crippen molar-refractivity contribution in [3.63, 3.8) is 0 Å². The molecule has 2 aliphatic carbocycles. The number of nitrogens with zero attached hydrogens (tertiary/aromatic N) is 2. The average molecular weight is 478 g/mol. The van der Waals surface area contributed by atoms with Gasteiger partial charge in [-0.15, -0.1) is 0 Å². The molecule has 8 nitrogen and oxygen atoms in total. The number of fused-ring (bicyclic) bond motifs is 2. The fraction of sp³-hybridized carbons (Fsp3) is 0.444. The van der Waals surface area contributed by atoms with Gasteiger partial charge in [0.15, 0.2) is 0 Å². The first-order valence-electron chi connectivity index (χ1n) is 12.3. The van der Waals surface area contributed by atoms with Crippen molar-refractivity contribution in [3.8, 4) is 5.75 Å². The zero-order chi connectivity index (χ0) is 24.5. The van der Waals surface area contributed by atoms with Gasteiger partial charge in [0, 0.05) is 30.1 Å². The summed E-state index contributed by atoms with van der Waals surface area (Å²) in [5, 5.41) is 12.2. The monoisotopic (exact) mass is 477 g/mol. The number of anilines is 2. The van der Waals surface area contributed by atoms with Crippen molar-refractivity contribution in [3.05, 3.63) is 54.1 Å². The second kappa shape index (κ2) is 9.60. The van der Waals surface area contributed by atoms with E-state index in [0.29, 0.717) is 5.69 Å². The lowest BCUT2D eigenvalue weighted by Gasteiger charge is -2.47. The van der Waals surface area contributed by atoms with Crippen molar-refractivity contribution >= 4 is 29.3 Å². The lowest BCUT2D eigenvalue weighted by atomic mass is 9.81. The third-order valence-electron chi connectivity index (χ3n) is 7.42. The first kappa shape index (κ1) is 23.2. The molecule has 0 unspecified atom stereocenters. The second-order valence-electron chi connectivity index (χ2n) is 9.62. The molecule has 3 aliphatic rings. The number of aliphatic carboxylic acids is 1. The summed E-state index contributed by atoms with van der Waals surface area (Å²) < 4.78 is 5.21. The molecule has 8 heteroatoms. The van der Waals surface area contributed by atoms with Gasteiger partial charge in [0.1, 0.15) is 5.75 Å². The minimum atomic E-state index is -0.960. The molecule has 0 spiro atoms. The van der Waals surface area contributed by atoms with Crippen molar-refractivity contribution in [2.45, 2.75) is 63.1 Å². The number of hydrogen-bond donors (Lipinski definition) is 2. The van der Waals surface area contributed by atoms with Gasteiger partial charge in [-0.1, -0.05) is 24.6 Å². The highest BCUT2D eigenvalue weighted by Crippen LogP contribution is 2.52. The number of carboxylic acids is 1. The van der Waals surface area contributed by atoms with Gasteiger partial charge in [0.05, 0.1) is 25.3 Å². The fourth-order valence-corrected chi connectivity index (χ4v) is 5.78. The highest BCUT2D eigenvalue weighted by atomic mass is 16.5. The zero-order valence-corrected chi connectivity index (χ0v) is 19.9. The maximum Gasteiger partial charge on any atom is 0.326 e. The molecule has 5 rings (SSSR count). The molecule has 2 N–H and O–H groups in total. The Morgan fingerprint density at radius 1 is 1.03 bits per heavy atom.